The summed E-state index contributed by atoms with van der Waals surface area (Å²) < 4.78 is 6.50. The highest BCUT2D eigenvalue weighted by atomic mass is 16.5. The van der Waals surface area contributed by atoms with Crippen molar-refractivity contribution < 1.29 is 14.3 Å². The van der Waals surface area contributed by atoms with Crippen LogP contribution >= 0.6 is 0 Å². The van der Waals surface area contributed by atoms with E-state index in [1.54, 1.807) is 6.20 Å². The highest BCUT2D eigenvalue weighted by molar-refractivity contribution is 5.84. The lowest BCUT2D eigenvalue weighted by Crippen LogP contribution is -2.48. The molecule has 3 aliphatic heterocycles. The van der Waals surface area contributed by atoms with Gasteiger partial charge in [0.15, 0.2) is 5.72 Å². The van der Waals surface area contributed by atoms with E-state index in [0.717, 1.165) is 24.0 Å². The highest BCUT2D eigenvalue weighted by Gasteiger charge is 2.64. The van der Waals surface area contributed by atoms with Crippen LogP contribution in [0.5, 0.6) is 0 Å². The number of H-pyrrole nitrogens is 1. The molecule has 3 fully saturated rings. The monoisotopic (exact) mass is 380 g/mol. The molecule has 0 unspecified atom stereocenters. The number of nitrogens with zero attached hydrogens (tertiary/aromatic N) is 3. The van der Waals surface area contributed by atoms with Crippen molar-refractivity contribution in [2.45, 2.75) is 50.0 Å². The summed E-state index contributed by atoms with van der Waals surface area (Å²) in [5.41, 5.74) is 1.55. The molecule has 1 N–H and O–H groups in total. The molecule has 4 heterocycles. The minimum atomic E-state index is -0.641. The molecule has 1 spiro atoms. The summed E-state index contributed by atoms with van der Waals surface area (Å²) in [6, 6.07) is 9.86. The number of likely N-dealkylation sites (tertiary alicyclic amines) is 1. The Morgan fingerprint density at radius 3 is 2.96 bits per heavy atom. The molecule has 28 heavy (non-hydrogen) atoms. The molecule has 2 amide bonds. The predicted octanol–water partition coefficient (Wildman–Crippen LogP) is 2.03. The number of nitrogens with one attached hydrogen (secondary N) is 1. The van der Waals surface area contributed by atoms with Gasteiger partial charge in [-0.2, -0.15) is 5.10 Å². The molecular weight excluding hydrogens is 356 g/mol. The fraction of sp³-hybridized carbons (Fsp3) is 0.476. The molecule has 5 rings (SSSR count). The van der Waals surface area contributed by atoms with Crippen LogP contribution in [0, 0.1) is 0 Å². The van der Waals surface area contributed by atoms with Crippen molar-refractivity contribution in [3.05, 3.63) is 53.9 Å². The van der Waals surface area contributed by atoms with Gasteiger partial charge in [0.05, 0.1) is 25.2 Å². The van der Waals surface area contributed by atoms with E-state index < -0.39 is 5.72 Å². The van der Waals surface area contributed by atoms with Crippen LogP contribution in [0.4, 0.5) is 0 Å². The van der Waals surface area contributed by atoms with Gasteiger partial charge in [-0.1, -0.05) is 30.3 Å². The van der Waals surface area contributed by atoms with Gasteiger partial charge in [0, 0.05) is 25.6 Å². The van der Waals surface area contributed by atoms with Gasteiger partial charge < -0.3 is 14.5 Å². The fourth-order valence-corrected chi connectivity index (χ4v) is 4.97. The third-order valence-electron chi connectivity index (χ3n) is 6.33. The molecule has 2 aromatic rings. The van der Waals surface area contributed by atoms with Crippen LogP contribution in [-0.4, -0.2) is 56.7 Å². The number of amides is 2. The Morgan fingerprint density at radius 1 is 1.32 bits per heavy atom. The number of rotatable bonds is 5. The zero-order valence-corrected chi connectivity index (χ0v) is 15.7. The van der Waals surface area contributed by atoms with E-state index >= 15 is 0 Å². The lowest BCUT2D eigenvalue weighted by molar-refractivity contribution is -0.142. The Morgan fingerprint density at radius 2 is 2.18 bits per heavy atom. The SMILES string of the molecule is O=C(CCCc1cn[nH]c1)N1CC[C@@]23O[C@@H](c4ccccc4)CN2C(=O)C[C@@H]13. The van der Waals surface area contributed by atoms with E-state index in [1.807, 2.05) is 46.3 Å². The van der Waals surface area contributed by atoms with Crippen molar-refractivity contribution in [1.82, 2.24) is 20.0 Å². The Hall–Kier alpha value is -2.67. The Kier molecular flexibility index (Phi) is 4.19. The van der Waals surface area contributed by atoms with Gasteiger partial charge in [-0.05, 0) is 24.0 Å². The van der Waals surface area contributed by atoms with Crippen LogP contribution in [0.2, 0.25) is 0 Å². The van der Waals surface area contributed by atoms with E-state index in [0.29, 0.717) is 32.4 Å². The first-order valence-electron chi connectivity index (χ1n) is 9.98. The van der Waals surface area contributed by atoms with Crippen molar-refractivity contribution in [1.29, 1.82) is 0 Å². The maximum atomic E-state index is 12.9. The number of aryl methyl sites for hydroxylation is 1. The molecule has 1 aromatic carbocycles. The lowest BCUT2D eigenvalue weighted by Gasteiger charge is -2.32. The summed E-state index contributed by atoms with van der Waals surface area (Å²) in [6.45, 7) is 1.22. The van der Waals surface area contributed by atoms with Crippen molar-refractivity contribution in [2.24, 2.45) is 0 Å². The maximum absolute atomic E-state index is 12.9. The number of aromatic amines is 1. The summed E-state index contributed by atoms with van der Waals surface area (Å²) >= 11 is 0. The van der Waals surface area contributed by atoms with Gasteiger partial charge in [-0.25, -0.2) is 0 Å². The first kappa shape index (κ1) is 17.4. The zero-order chi connectivity index (χ0) is 19.1. The van der Waals surface area contributed by atoms with Crippen molar-refractivity contribution >= 4 is 11.8 Å². The molecule has 0 bridgehead atoms. The quantitative estimate of drug-likeness (QED) is 0.861. The maximum Gasteiger partial charge on any atom is 0.227 e. The zero-order valence-electron chi connectivity index (χ0n) is 15.7. The van der Waals surface area contributed by atoms with Gasteiger partial charge in [0.2, 0.25) is 11.8 Å². The summed E-state index contributed by atoms with van der Waals surface area (Å²) in [7, 11) is 0. The van der Waals surface area contributed by atoms with E-state index in [1.165, 1.54) is 0 Å². The molecule has 146 valence electrons. The lowest BCUT2D eigenvalue weighted by atomic mass is 10.1. The minimum absolute atomic E-state index is 0.0966. The third kappa shape index (κ3) is 2.73. The first-order chi connectivity index (χ1) is 13.7. The molecule has 3 atom stereocenters. The van der Waals surface area contributed by atoms with Gasteiger partial charge in [0.25, 0.3) is 0 Å². The number of benzene rings is 1. The normalized spacial score (nSPS) is 28.6. The molecule has 1 aromatic heterocycles. The Balaban J connectivity index is 1.28. The molecular formula is C21H24N4O3. The number of carbonyl (C=O) groups is 2. The van der Waals surface area contributed by atoms with E-state index in [4.69, 9.17) is 4.74 Å². The number of ether oxygens (including phenoxy) is 1. The molecule has 0 saturated carbocycles. The molecule has 3 aliphatic rings. The summed E-state index contributed by atoms with van der Waals surface area (Å²) in [5.74, 6) is 0.214. The van der Waals surface area contributed by atoms with Gasteiger partial charge in [0.1, 0.15) is 6.10 Å². The van der Waals surface area contributed by atoms with Crippen LogP contribution in [-0.2, 0) is 20.7 Å². The Labute approximate surface area is 163 Å². The largest absolute Gasteiger partial charge is 0.343 e. The van der Waals surface area contributed by atoms with Crippen molar-refractivity contribution in [2.75, 3.05) is 13.1 Å². The summed E-state index contributed by atoms with van der Waals surface area (Å²) in [4.78, 5) is 29.3. The number of hydrogen-bond donors (Lipinski definition) is 1. The third-order valence-corrected chi connectivity index (χ3v) is 6.33. The Bertz CT molecular complexity index is 869. The van der Waals surface area contributed by atoms with Gasteiger partial charge in [-0.3, -0.25) is 14.7 Å². The molecule has 7 heteroatoms. The molecule has 0 aliphatic carbocycles. The number of aromatic nitrogens is 2. The molecule has 0 radical (unpaired) electrons. The number of carbonyl (C=O) groups excluding carboxylic acids is 2. The van der Waals surface area contributed by atoms with Crippen molar-refractivity contribution in [3.8, 4) is 0 Å². The van der Waals surface area contributed by atoms with Crippen LogP contribution in [0.1, 0.15) is 42.9 Å². The van der Waals surface area contributed by atoms with E-state index in [9.17, 15) is 9.59 Å². The van der Waals surface area contributed by atoms with Gasteiger partial charge >= 0.3 is 0 Å². The number of hydrogen-bond acceptors (Lipinski definition) is 4. The van der Waals surface area contributed by atoms with Gasteiger partial charge in [-0.15, -0.1) is 0 Å². The molecule has 7 nitrogen and oxygen atoms in total. The predicted molar refractivity (Wildman–Crippen MR) is 101 cm³/mol. The topological polar surface area (TPSA) is 78.5 Å². The van der Waals surface area contributed by atoms with Crippen LogP contribution in [0.3, 0.4) is 0 Å². The summed E-state index contributed by atoms with van der Waals surface area (Å²) in [6.07, 6.45) is 6.67. The molecule has 3 saturated heterocycles. The minimum Gasteiger partial charge on any atom is -0.343 e. The fourth-order valence-electron chi connectivity index (χ4n) is 4.97. The highest BCUT2D eigenvalue weighted by Crippen LogP contribution is 2.50. The van der Waals surface area contributed by atoms with E-state index in [-0.39, 0.29) is 24.0 Å². The van der Waals surface area contributed by atoms with Crippen LogP contribution < -0.4 is 0 Å². The van der Waals surface area contributed by atoms with E-state index in [2.05, 4.69) is 10.2 Å². The smallest absolute Gasteiger partial charge is 0.227 e. The van der Waals surface area contributed by atoms with Crippen LogP contribution in [0.15, 0.2) is 42.7 Å². The second-order valence-electron chi connectivity index (χ2n) is 7.88. The second kappa shape index (κ2) is 6.74. The van der Waals surface area contributed by atoms with Crippen LogP contribution in [0.25, 0.3) is 0 Å². The summed E-state index contributed by atoms with van der Waals surface area (Å²) in [5, 5.41) is 6.73. The average Bonchev–Trinajstić information content (AvgIpc) is 3.46. The van der Waals surface area contributed by atoms with Crippen molar-refractivity contribution in [3.63, 3.8) is 0 Å². The second-order valence-corrected chi connectivity index (χ2v) is 7.88. The first-order valence-corrected chi connectivity index (χ1v) is 9.98. The standard InChI is InChI=1S/C21H24N4O3/c26-19(8-4-5-15-12-22-23-13-15)24-10-9-21-18(24)11-20(27)25(21)14-17(28-21)16-6-2-1-3-7-16/h1-3,6-7,12-13,17-18H,4-5,8-11,14H2,(H,22,23)/t17-,18-,21+/m1/s1. The average molecular weight is 380 g/mol.